The maximum absolute atomic E-state index is 12.9. The maximum Gasteiger partial charge on any atom is 0.207 e. The van der Waals surface area contributed by atoms with Crippen molar-refractivity contribution in [3.05, 3.63) is 45.4 Å². The largest absolute Gasteiger partial charge is 0.218 e. The van der Waals surface area contributed by atoms with Gasteiger partial charge in [0.2, 0.25) is 9.84 Å². The molecular weight excluding hydrogens is 367 g/mol. The molecule has 0 saturated heterocycles. The van der Waals surface area contributed by atoms with Crippen LogP contribution in [0.15, 0.2) is 43.4 Å². The van der Waals surface area contributed by atoms with Crippen molar-refractivity contribution in [3.63, 3.8) is 0 Å². The summed E-state index contributed by atoms with van der Waals surface area (Å²) in [6.07, 6.45) is 0. The second-order valence-corrected chi connectivity index (χ2v) is 8.17. The van der Waals surface area contributed by atoms with Gasteiger partial charge in [0.05, 0.1) is 9.79 Å². The van der Waals surface area contributed by atoms with Gasteiger partial charge in [-0.2, -0.15) is 0 Å². The molecule has 0 aromatic heterocycles. The lowest BCUT2D eigenvalue weighted by Gasteiger charge is -2.18. The fourth-order valence-electron chi connectivity index (χ4n) is 2.13. The van der Waals surface area contributed by atoms with Gasteiger partial charge in [-0.1, -0.05) is 27.0 Å². The highest BCUT2D eigenvalue weighted by atomic mass is 79.9. The summed E-state index contributed by atoms with van der Waals surface area (Å²) >= 11 is 7.69. The monoisotopic (exact) mass is 380 g/mol. The zero-order valence-electron chi connectivity index (χ0n) is 11.9. The van der Waals surface area contributed by atoms with Gasteiger partial charge in [-0.25, -0.2) is 8.42 Å². The van der Waals surface area contributed by atoms with Crippen LogP contribution in [-0.2, 0) is 9.84 Å². The SMILES string of the molecule is [B]c1c(C)c(C)c(C)c(S)c1S(=O)(=O)c1ccc(Br)cc1. The zero-order valence-corrected chi connectivity index (χ0v) is 15.2. The topological polar surface area (TPSA) is 34.1 Å². The Morgan fingerprint density at radius 1 is 1.00 bits per heavy atom. The number of thiol groups is 1. The number of benzene rings is 2. The quantitative estimate of drug-likeness (QED) is 0.640. The van der Waals surface area contributed by atoms with Crippen molar-refractivity contribution in [1.82, 2.24) is 0 Å². The van der Waals surface area contributed by atoms with Gasteiger partial charge in [0.15, 0.2) is 0 Å². The summed E-state index contributed by atoms with van der Waals surface area (Å²) in [5, 5.41) is 0. The molecule has 6 heteroatoms. The Morgan fingerprint density at radius 3 is 2.05 bits per heavy atom. The van der Waals surface area contributed by atoms with Gasteiger partial charge in [-0.05, 0) is 56.2 Å². The van der Waals surface area contributed by atoms with Crippen LogP contribution in [0.3, 0.4) is 0 Å². The Bertz CT molecular complexity index is 784. The lowest BCUT2D eigenvalue weighted by Crippen LogP contribution is -2.22. The van der Waals surface area contributed by atoms with E-state index in [4.69, 9.17) is 7.85 Å². The maximum atomic E-state index is 12.9. The minimum Gasteiger partial charge on any atom is -0.218 e. The molecule has 0 aliphatic rings. The van der Waals surface area contributed by atoms with Gasteiger partial charge >= 0.3 is 0 Å². The van der Waals surface area contributed by atoms with Crippen LogP contribution in [-0.4, -0.2) is 16.3 Å². The van der Waals surface area contributed by atoms with Gasteiger partial charge in [0, 0.05) is 9.37 Å². The van der Waals surface area contributed by atoms with Crippen LogP contribution in [0.2, 0.25) is 0 Å². The summed E-state index contributed by atoms with van der Waals surface area (Å²) in [6.45, 7) is 5.59. The first-order valence-corrected chi connectivity index (χ1v) is 8.99. The first-order chi connectivity index (χ1) is 9.67. The lowest BCUT2D eigenvalue weighted by atomic mass is 9.86. The van der Waals surface area contributed by atoms with E-state index in [2.05, 4.69) is 28.6 Å². The third-order valence-electron chi connectivity index (χ3n) is 3.74. The first-order valence-electron chi connectivity index (χ1n) is 6.26. The molecule has 0 atom stereocenters. The Balaban J connectivity index is 2.80. The van der Waals surface area contributed by atoms with Crippen molar-refractivity contribution in [2.75, 3.05) is 0 Å². The molecule has 0 spiro atoms. The molecule has 0 bridgehead atoms. The van der Waals surface area contributed by atoms with Crippen LogP contribution in [0.1, 0.15) is 16.7 Å². The summed E-state index contributed by atoms with van der Waals surface area (Å²) in [5.41, 5.74) is 2.85. The van der Waals surface area contributed by atoms with E-state index in [1.54, 1.807) is 24.3 Å². The molecule has 2 nitrogen and oxygen atoms in total. The van der Waals surface area contributed by atoms with Crippen molar-refractivity contribution < 1.29 is 8.42 Å². The molecule has 0 unspecified atom stereocenters. The average molecular weight is 381 g/mol. The molecule has 2 rings (SSSR count). The average Bonchev–Trinajstić information content (AvgIpc) is 2.43. The third-order valence-corrected chi connectivity index (χ3v) is 6.83. The highest BCUT2D eigenvalue weighted by Crippen LogP contribution is 2.30. The van der Waals surface area contributed by atoms with Crippen LogP contribution in [0.25, 0.3) is 0 Å². The fraction of sp³-hybridized carbons (Fsp3) is 0.200. The molecule has 108 valence electrons. The summed E-state index contributed by atoms with van der Waals surface area (Å²) in [4.78, 5) is 0.711. The van der Waals surface area contributed by atoms with E-state index >= 15 is 0 Å². The third kappa shape index (κ3) is 2.81. The predicted molar refractivity (Wildman–Crippen MR) is 92.9 cm³/mol. The minimum atomic E-state index is -3.70. The normalized spacial score (nSPS) is 11.7. The van der Waals surface area contributed by atoms with Crippen molar-refractivity contribution in [3.8, 4) is 0 Å². The van der Waals surface area contributed by atoms with Crippen molar-refractivity contribution in [2.24, 2.45) is 0 Å². The highest BCUT2D eigenvalue weighted by Gasteiger charge is 2.25. The summed E-state index contributed by atoms with van der Waals surface area (Å²) in [6, 6.07) is 6.48. The Morgan fingerprint density at radius 2 is 1.52 bits per heavy atom. The lowest BCUT2D eigenvalue weighted by molar-refractivity contribution is 0.594. The van der Waals surface area contributed by atoms with Gasteiger partial charge in [0.1, 0.15) is 7.85 Å². The molecule has 0 aliphatic carbocycles. The first kappa shape index (κ1) is 16.7. The van der Waals surface area contributed by atoms with E-state index in [0.717, 1.165) is 21.2 Å². The minimum absolute atomic E-state index is 0.0914. The van der Waals surface area contributed by atoms with Gasteiger partial charge < -0.3 is 0 Å². The molecule has 21 heavy (non-hydrogen) atoms. The summed E-state index contributed by atoms with van der Waals surface area (Å²) < 4.78 is 26.5. The van der Waals surface area contributed by atoms with E-state index < -0.39 is 9.84 Å². The number of rotatable bonds is 2. The second-order valence-electron chi connectivity index (χ2n) is 4.92. The van der Waals surface area contributed by atoms with Crippen LogP contribution in [0.4, 0.5) is 0 Å². The van der Waals surface area contributed by atoms with E-state index in [0.29, 0.717) is 4.90 Å². The molecule has 0 saturated carbocycles. The number of hydrogen-bond acceptors (Lipinski definition) is 3. The van der Waals surface area contributed by atoms with Crippen LogP contribution >= 0.6 is 28.6 Å². The van der Waals surface area contributed by atoms with E-state index in [1.165, 1.54) is 0 Å². The van der Waals surface area contributed by atoms with Crippen molar-refractivity contribution in [2.45, 2.75) is 35.5 Å². The van der Waals surface area contributed by atoms with Gasteiger partial charge in [-0.3, -0.25) is 0 Å². The number of hydrogen-bond donors (Lipinski definition) is 1. The molecule has 2 radical (unpaired) electrons. The van der Waals surface area contributed by atoms with Crippen LogP contribution in [0, 0.1) is 20.8 Å². The molecule has 2 aromatic rings. The fourth-order valence-corrected chi connectivity index (χ4v) is 4.63. The standard InChI is InChI=1S/C15H14BBrO2S2/c1-8-9(2)13(16)15(14(20)10(8)3)21(18,19)12-6-4-11(17)5-7-12/h4-7,20H,1-3H3. The van der Waals surface area contributed by atoms with E-state index in [9.17, 15) is 8.42 Å². The summed E-state index contributed by atoms with van der Waals surface area (Å²) in [5.74, 6) is 0. The Kier molecular flexibility index (Phi) is 4.61. The van der Waals surface area contributed by atoms with Crippen molar-refractivity contribution >= 4 is 51.7 Å². The van der Waals surface area contributed by atoms with Gasteiger partial charge in [0.25, 0.3) is 0 Å². The second kappa shape index (κ2) is 5.82. The molecular formula is C15H14BBrO2S2. The smallest absolute Gasteiger partial charge is 0.207 e. The number of sulfone groups is 1. The van der Waals surface area contributed by atoms with Crippen molar-refractivity contribution in [1.29, 1.82) is 0 Å². The van der Waals surface area contributed by atoms with Crippen LogP contribution in [0.5, 0.6) is 0 Å². The summed E-state index contributed by atoms with van der Waals surface area (Å²) in [7, 11) is 2.37. The van der Waals surface area contributed by atoms with E-state index in [-0.39, 0.29) is 15.3 Å². The molecule has 0 heterocycles. The Labute approximate surface area is 140 Å². The Hall–Kier alpha value is -0.715. The van der Waals surface area contributed by atoms with Gasteiger partial charge in [-0.15, -0.1) is 12.6 Å². The number of halogens is 1. The molecule has 0 fully saturated rings. The predicted octanol–water partition coefficient (Wildman–Crippen LogP) is 3.29. The zero-order chi connectivity index (χ0) is 15.9. The van der Waals surface area contributed by atoms with Crippen LogP contribution < -0.4 is 5.46 Å². The molecule has 0 amide bonds. The molecule has 0 aliphatic heterocycles. The molecule has 2 aromatic carbocycles. The molecule has 0 N–H and O–H groups in total. The highest BCUT2D eigenvalue weighted by molar-refractivity contribution is 9.10. The van der Waals surface area contributed by atoms with E-state index in [1.807, 2.05) is 20.8 Å².